The topological polar surface area (TPSA) is 38.3 Å². The van der Waals surface area contributed by atoms with Crippen LogP contribution in [0.3, 0.4) is 0 Å². The van der Waals surface area contributed by atoms with Gasteiger partial charge in [0.15, 0.2) is 0 Å². The van der Waals surface area contributed by atoms with Crippen LogP contribution in [-0.4, -0.2) is 26.2 Å². The quantitative estimate of drug-likeness (QED) is 0.560. The molecule has 1 atom stereocenters. The zero-order valence-corrected chi connectivity index (χ0v) is 7.31. The maximum atomic E-state index is 11.2. The Hall–Kier alpha value is -0.570. The van der Waals surface area contributed by atoms with Gasteiger partial charge in [0.05, 0.1) is 13.0 Å². The van der Waals surface area contributed by atoms with Crippen LogP contribution in [0.4, 0.5) is 0 Å². The maximum absolute atomic E-state index is 11.2. The van der Waals surface area contributed by atoms with Crippen molar-refractivity contribution in [2.45, 2.75) is 13.8 Å². The Kier molecular flexibility index (Phi) is 2.18. The van der Waals surface area contributed by atoms with Gasteiger partial charge < -0.3 is 10.1 Å². The lowest BCUT2D eigenvalue weighted by molar-refractivity contribution is -0.147. The van der Waals surface area contributed by atoms with E-state index in [1.807, 2.05) is 0 Å². The Labute approximate surface area is 67.1 Å². The summed E-state index contributed by atoms with van der Waals surface area (Å²) in [5.74, 6) is -0.0764. The number of carbonyl (C=O) groups is 1. The van der Waals surface area contributed by atoms with Gasteiger partial charge in [0.1, 0.15) is 0 Å². The van der Waals surface area contributed by atoms with E-state index >= 15 is 0 Å². The highest BCUT2D eigenvalue weighted by Gasteiger charge is 2.39. The lowest BCUT2D eigenvalue weighted by atomic mass is 9.82. The van der Waals surface area contributed by atoms with E-state index in [9.17, 15) is 4.79 Å². The molecule has 11 heavy (non-hydrogen) atoms. The highest BCUT2D eigenvalue weighted by molar-refractivity contribution is 5.74. The zero-order valence-electron chi connectivity index (χ0n) is 7.31. The van der Waals surface area contributed by atoms with Crippen LogP contribution < -0.4 is 5.32 Å². The van der Waals surface area contributed by atoms with Crippen LogP contribution in [0.15, 0.2) is 0 Å². The van der Waals surface area contributed by atoms with Crippen LogP contribution >= 0.6 is 0 Å². The van der Waals surface area contributed by atoms with Crippen LogP contribution in [0.25, 0.3) is 0 Å². The van der Waals surface area contributed by atoms with Crippen molar-refractivity contribution in [3.05, 3.63) is 0 Å². The van der Waals surface area contributed by atoms with E-state index < -0.39 is 0 Å². The van der Waals surface area contributed by atoms with Gasteiger partial charge in [-0.05, 0) is 5.41 Å². The van der Waals surface area contributed by atoms with Crippen LogP contribution in [0.5, 0.6) is 0 Å². The number of esters is 1. The molecule has 0 saturated carbocycles. The van der Waals surface area contributed by atoms with E-state index in [0.29, 0.717) is 0 Å². The second-order valence-electron chi connectivity index (χ2n) is 3.70. The van der Waals surface area contributed by atoms with Gasteiger partial charge >= 0.3 is 5.97 Å². The van der Waals surface area contributed by atoms with E-state index in [2.05, 4.69) is 19.2 Å². The fourth-order valence-corrected chi connectivity index (χ4v) is 1.48. The zero-order chi connectivity index (χ0) is 8.48. The number of hydrogen-bond donors (Lipinski definition) is 1. The lowest BCUT2D eigenvalue weighted by Gasteiger charge is -2.22. The van der Waals surface area contributed by atoms with Gasteiger partial charge in [-0.1, -0.05) is 13.8 Å². The van der Waals surface area contributed by atoms with E-state index in [0.717, 1.165) is 13.1 Å². The fraction of sp³-hybridized carbons (Fsp3) is 0.875. The molecule has 64 valence electrons. The van der Waals surface area contributed by atoms with Gasteiger partial charge in [-0.15, -0.1) is 0 Å². The third kappa shape index (κ3) is 1.53. The monoisotopic (exact) mass is 157 g/mol. The molecule has 1 aliphatic rings. The minimum Gasteiger partial charge on any atom is -0.469 e. The third-order valence-corrected chi connectivity index (χ3v) is 2.36. The van der Waals surface area contributed by atoms with E-state index in [1.165, 1.54) is 7.11 Å². The van der Waals surface area contributed by atoms with E-state index in [4.69, 9.17) is 4.74 Å². The molecule has 1 rings (SSSR count). The summed E-state index contributed by atoms with van der Waals surface area (Å²) in [4.78, 5) is 11.2. The summed E-state index contributed by atoms with van der Waals surface area (Å²) in [5, 5.41) is 3.18. The molecular weight excluding hydrogens is 142 g/mol. The molecule has 3 nitrogen and oxygen atoms in total. The Morgan fingerprint density at radius 1 is 1.64 bits per heavy atom. The Morgan fingerprint density at radius 3 is 2.64 bits per heavy atom. The third-order valence-electron chi connectivity index (χ3n) is 2.36. The molecule has 1 heterocycles. The fourth-order valence-electron chi connectivity index (χ4n) is 1.48. The summed E-state index contributed by atoms with van der Waals surface area (Å²) in [6, 6.07) is 0. The van der Waals surface area contributed by atoms with Crippen molar-refractivity contribution in [2.24, 2.45) is 11.3 Å². The van der Waals surface area contributed by atoms with Gasteiger partial charge in [-0.25, -0.2) is 0 Å². The molecule has 1 aliphatic heterocycles. The molecule has 0 aromatic carbocycles. The number of carbonyl (C=O) groups excluding carboxylic acids is 1. The number of rotatable bonds is 1. The summed E-state index contributed by atoms with van der Waals surface area (Å²) in [5.41, 5.74) is 0.0487. The van der Waals surface area contributed by atoms with Crippen molar-refractivity contribution in [2.75, 3.05) is 20.2 Å². The maximum Gasteiger partial charge on any atom is 0.310 e. The largest absolute Gasteiger partial charge is 0.469 e. The molecule has 0 unspecified atom stereocenters. The summed E-state index contributed by atoms with van der Waals surface area (Å²) < 4.78 is 4.69. The van der Waals surface area contributed by atoms with Crippen molar-refractivity contribution in [3.8, 4) is 0 Å². The summed E-state index contributed by atoms with van der Waals surface area (Å²) in [6.45, 7) is 5.80. The van der Waals surface area contributed by atoms with Gasteiger partial charge in [-0.2, -0.15) is 0 Å². The Balaban J connectivity index is 2.64. The average molecular weight is 157 g/mol. The Bertz CT molecular complexity index is 165. The lowest BCUT2D eigenvalue weighted by Crippen LogP contribution is -2.30. The average Bonchev–Trinajstić information content (AvgIpc) is 2.28. The molecule has 0 aromatic rings. The number of methoxy groups -OCH3 is 1. The summed E-state index contributed by atoms with van der Waals surface area (Å²) >= 11 is 0. The number of hydrogen-bond acceptors (Lipinski definition) is 3. The van der Waals surface area contributed by atoms with Crippen LogP contribution in [0, 0.1) is 11.3 Å². The molecule has 0 amide bonds. The first-order valence-electron chi connectivity index (χ1n) is 3.86. The highest BCUT2D eigenvalue weighted by Crippen LogP contribution is 2.30. The van der Waals surface area contributed by atoms with E-state index in [-0.39, 0.29) is 17.3 Å². The molecule has 0 bridgehead atoms. The molecular formula is C8H15NO2. The molecule has 1 N–H and O–H groups in total. The second kappa shape index (κ2) is 2.81. The van der Waals surface area contributed by atoms with Crippen molar-refractivity contribution in [1.82, 2.24) is 5.32 Å². The standard InChI is InChI=1S/C8H15NO2/c1-8(2)5-9-4-6(8)7(10)11-3/h6,9H,4-5H2,1-3H3/t6-/m0/s1. The number of nitrogens with one attached hydrogen (secondary N) is 1. The molecule has 1 saturated heterocycles. The Morgan fingerprint density at radius 2 is 2.27 bits per heavy atom. The first kappa shape index (κ1) is 8.53. The predicted molar refractivity (Wildman–Crippen MR) is 42.2 cm³/mol. The van der Waals surface area contributed by atoms with Crippen molar-refractivity contribution in [3.63, 3.8) is 0 Å². The smallest absolute Gasteiger partial charge is 0.310 e. The first-order chi connectivity index (χ1) is 5.08. The van der Waals surface area contributed by atoms with Gasteiger partial charge in [-0.3, -0.25) is 4.79 Å². The first-order valence-corrected chi connectivity index (χ1v) is 3.86. The summed E-state index contributed by atoms with van der Waals surface area (Å²) in [7, 11) is 1.44. The van der Waals surface area contributed by atoms with Crippen LogP contribution in [0.2, 0.25) is 0 Å². The van der Waals surface area contributed by atoms with Gasteiger partial charge in [0.25, 0.3) is 0 Å². The minimum absolute atomic E-state index is 0.0208. The van der Waals surface area contributed by atoms with Gasteiger partial charge in [0, 0.05) is 13.1 Å². The molecule has 3 heteroatoms. The molecule has 1 fully saturated rings. The molecule has 0 spiro atoms. The van der Waals surface area contributed by atoms with Crippen molar-refractivity contribution in [1.29, 1.82) is 0 Å². The van der Waals surface area contributed by atoms with Crippen molar-refractivity contribution < 1.29 is 9.53 Å². The van der Waals surface area contributed by atoms with Gasteiger partial charge in [0.2, 0.25) is 0 Å². The second-order valence-corrected chi connectivity index (χ2v) is 3.70. The molecule has 0 aliphatic carbocycles. The van der Waals surface area contributed by atoms with Crippen molar-refractivity contribution >= 4 is 5.97 Å². The number of ether oxygens (including phenoxy) is 1. The van der Waals surface area contributed by atoms with Crippen LogP contribution in [0.1, 0.15) is 13.8 Å². The molecule has 0 radical (unpaired) electrons. The predicted octanol–water partition coefficient (Wildman–Crippen LogP) is 0.405. The minimum atomic E-state index is -0.0972. The summed E-state index contributed by atoms with van der Waals surface area (Å²) in [6.07, 6.45) is 0. The van der Waals surface area contributed by atoms with Crippen LogP contribution in [-0.2, 0) is 9.53 Å². The normalized spacial score (nSPS) is 28.5. The molecule has 0 aromatic heterocycles. The van der Waals surface area contributed by atoms with E-state index in [1.54, 1.807) is 0 Å². The SMILES string of the molecule is COC(=O)[C@@H]1CNCC1(C)C. The highest BCUT2D eigenvalue weighted by atomic mass is 16.5.